The van der Waals surface area contributed by atoms with Crippen LogP contribution in [0.3, 0.4) is 0 Å². The molecule has 0 radical (unpaired) electrons. The molecule has 1 heteroatoms. The maximum atomic E-state index is 2.78. The molecule has 3 aliphatic rings. The number of allylic oxidation sites excluding steroid dienone is 2. The van der Waals surface area contributed by atoms with Gasteiger partial charge in [-0.3, -0.25) is 0 Å². The average molecular weight is 715 g/mol. The Labute approximate surface area is 257 Å². The third-order valence-corrected chi connectivity index (χ3v) is 26.5. The molecular weight excluding hydrogens is 671 g/mol. The van der Waals surface area contributed by atoms with E-state index in [-0.39, 0.29) is 5.41 Å². The van der Waals surface area contributed by atoms with Crippen LogP contribution in [0.5, 0.6) is 0 Å². The predicted molar refractivity (Wildman–Crippen MR) is 179 cm³/mol. The molecule has 1 aliphatic heterocycles. The summed E-state index contributed by atoms with van der Waals surface area (Å²) < 4.78 is 6.81. The first-order valence-electron chi connectivity index (χ1n) is 16.3. The number of hydrogen-bond acceptors (Lipinski definition) is 0. The van der Waals surface area contributed by atoms with Crippen LogP contribution in [0.1, 0.15) is 81.3 Å². The first-order valence-corrected chi connectivity index (χ1v) is 27.6. The van der Waals surface area contributed by atoms with Crippen molar-refractivity contribution in [2.45, 2.75) is 70.1 Å². The zero-order valence-electron chi connectivity index (χ0n) is 26.2. The van der Waals surface area contributed by atoms with E-state index < -0.39 is 20.0 Å². The molecule has 2 unspecified atom stereocenters. The summed E-state index contributed by atoms with van der Waals surface area (Å²) in [4.78, 5) is 0. The molecule has 0 spiro atoms. The standard InChI is InChI=1S/C39H38.2CH3.Hf/c1-5-27-15-9-11-19-33(27)35-21-13-17-29-23-31(25-37(29)35)39(7-3,8-4)32-24-30-18-14-22-36(38(30)26-32)34-20-12-10-16-28(34)6-2;;;/h9-26H,5-8H2,1-4H3;2*1H3;. The van der Waals surface area contributed by atoms with E-state index in [4.69, 9.17) is 0 Å². The molecule has 7 rings (SSSR count). The van der Waals surface area contributed by atoms with Crippen LogP contribution in [0.25, 0.3) is 34.4 Å². The summed E-state index contributed by atoms with van der Waals surface area (Å²) in [6, 6.07) is 32.6. The fraction of sp³-hybridized carbons (Fsp3) is 0.317. The van der Waals surface area contributed by atoms with Crippen molar-refractivity contribution >= 4 is 12.2 Å². The quantitative estimate of drug-likeness (QED) is 0.174. The molecular formula is C41H44Hf. The number of aryl methyl sites for hydroxylation is 2. The van der Waals surface area contributed by atoms with Crippen LogP contribution in [0, 0.1) is 5.41 Å². The molecule has 0 aromatic heterocycles. The van der Waals surface area contributed by atoms with Gasteiger partial charge in [-0.2, -0.15) is 0 Å². The van der Waals surface area contributed by atoms with Gasteiger partial charge in [0.15, 0.2) is 0 Å². The van der Waals surface area contributed by atoms with Crippen molar-refractivity contribution in [3.05, 3.63) is 129 Å². The van der Waals surface area contributed by atoms with Crippen molar-refractivity contribution in [1.29, 1.82) is 0 Å². The predicted octanol–water partition coefficient (Wildman–Crippen LogP) is 11.8. The van der Waals surface area contributed by atoms with Gasteiger partial charge in [-0.05, 0) is 0 Å². The topological polar surface area (TPSA) is 0 Å². The molecule has 2 aliphatic carbocycles. The second kappa shape index (κ2) is 10.4. The summed E-state index contributed by atoms with van der Waals surface area (Å²) in [6.07, 6.45) is 9.86. The average Bonchev–Trinajstić information content (AvgIpc) is 3.63. The summed E-state index contributed by atoms with van der Waals surface area (Å²) in [6.45, 7) is 9.50. The fourth-order valence-corrected chi connectivity index (χ4v) is 26.4. The molecule has 2 atom stereocenters. The van der Waals surface area contributed by atoms with E-state index in [9.17, 15) is 0 Å². The van der Waals surface area contributed by atoms with E-state index in [2.05, 4.69) is 134 Å². The van der Waals surface area contributed by atoms with Crippen LogP contribution in [0.2, 0.25) is 9.36 Å². The second-order valence-corrected chi connectivity index (χ2v) is 30.5. The summed E-state index contributed by atoms with van der Waals surface area (Å²) in [5.74, 6) is 0. The van der Waals surface area contributed by atoms with E-state index in [1.807, 2.05) is 0 Å². The van der Waals surface area contributed by atoms with Gasteiger partial charge in [0, 0.05) is 0 Å². The van der Waals surface area contributed by atoms with Crippen molar-refractivity contribution in [2.75, 3.05) is 0 Å². The van der Waals surface area contributed by atoms with Gasteiger partial charge in [0.25, 0.3) is 0 Å². The maximum absolute atomic E-state index is 3.07. The number of hydrogen-bond donors (Lipinski definition) is 0. The van der Waals surface area contributed by atoms with E-state index >= 15 is 0 Å². The molecule has 42 heavy (non-hydrogen) atoms. The van der Waals surface area contributed by atoms with Gasteiger partial charge in [-0.1, -0.05) is 0 Å². The molecule has 0 N–H and O–H groups in total. The van der Waals surface area contributed by atoms with Gasteiger partial charge < -0.3 is 0 Å². The molecule has 0 bridgehead atoms. The summed E-state index contributed by atoms with van der Waals surface area (Å²) >= 11 is -3.07. The first-order chi connectivity index (χ1) is 20.4. The minimum atomic E-state index is -3.07. The van der Waals surface area contributed by atoms with Gasteiger partial charge in [0.2, 0.25) is 0 Å². The number of rotatable bonds is 6. The van der Waals surface area contributed by atoms with Crippen LogP contribution in [-0.2, 0) is 32.8 Å². The normalized spacial score (nSPS) is 20.7. The molecule has 1 fully saturated rings. The van der Waals surface area contributed by atoms with Crippen LogP contribution in [-0.4, -0.2) is 0 Å². The van der Waals surface area contributed by atoms with Crippen LogP contribution >= 0.6 is 0 Å². The van der Waals surface area contributed by atoms with Crippen molar-refractivity contribution in [1.82, 2.24) is 0 Å². The molecule has 4 aromatic carbocycles. The van der Waals surface area contributed by atoms with Crippen LogP contribution < -0.4 is 0 Å². The molecule has 0 nitrogen and oxygen atoms in total. The Morgan fingerprint density at radius 3 is 1.33 bits per heavy atom. The summed E-state index contributed by atoms with van der Waals surface area (Å²) in [7, 11) is 0. The van der Waals surface area contributed by atoms with Gasteiger partial charge in [0.1, 0.15) is 0 Å². The molecule has 1 heterocycles. The Morgan fingerprint density at radius 1 is 0.524 bits per heavy atom. The number of benzene rings is 4. The van der Waals surface area contributed by atoms with E-state index in [1.54, 1.807) is 22.3 Å². The molecule has 0 amide bonds. The van der Waals surface area contributed by atoms with Crippen LogP contribution in [0.4, 0.5) is 0 Å². The van der Waals surface area contributed by atoms with Crippen LogP contribution in [0.15, 0.2) is 96.1 Å². The molecule has 4 aromatic rings. The van der Waals surface area contributed by atoms with Gasteiger partial charge in [0.05, 0.1) is 0 Å². The van der Waals surface area contributed by atoms with Crippen molar-refractivity contribution in [2.24, 2.45) is 5.41 Å². The SMILES string of the molecule is CCc1ccccc1-c1cccc2c1C=C1[CH]2[Hf]([CH3])([CH3])[CH]2C(=Cc3c(-c4ccccc4CC)cccc32)C1(CC)CC. The third-order valence-electron chi connectivity index (χ3n) is 11.3. The zero-order chi connectivity index (χ0) is 29.2. The van der Waals surface area contributed by atoms with Gasteiger partial charge >= 0.3 is 259 Å². The fourth-order valence-electron chi connectivity index (χ4n) is 9.29. The van der Waals surface area contributed by atoms with Gasteiger partial charge in [-0.15, -0.1) is 0 Å². The third kappa shape index (κ3) is 3.81. The summed E-state index contributed by atoms with van der Waals surface area (Å²) in [5, 5.41) is 0. The second-order valence-electron chi connectivity index (χ2n) is 13.3. The molecule has 212 valence electrons. The zero-order valence-corrected chi connectivity index (χ0v) is 29.8. The Bertz CT molecular complexity index is 1630. The number of fused-ring (bicyclic) bond motifs is 6. The molecule has 1 saturated heterocycles. The molecule has 0 saturated carbocycles. The summed E-state index contributed by atoms with van der Waals surface area (Å²) in [5.41, 5.74) is 18.5. The monoisotopic (exact) mass is 716 g/mol. The van der Waals surface area contributed by atoms with Gasteiger partial charge in [-0.25, -0.2) is 0 Å². The Balaban J connectivity index is 1.47. The van der Waals surface area contributed by atoms with E-state index in [0.29, 0.717) is 7.35 Å². The van der Waals surface area contributed by atoms with E-state index in [0.717, 1.165) is 12.8 Å². The van der Waals surface area contributed by atoms with Crippen molar-refractivity contribution < 1.29 is 20.0 Å². The van der Waals surface area contributed by atoms with E-state index in [1.165, 1.54) is 57.3 Å². The Hall–Kier alpha value is -2.77. The minimum absolute atomic E-state index is 0.117. The first kappa shape index (κ1) is 28.0. The Morgan fingerprint density at radius 2 is 0.929 bits per heavy atom. The van der Waals surface area contributed by atoms with Crippen molar-refractivity contribution in [3.63, 3.8) is 0 Å². The Kier molecular flexibility index (Phi) is 6.97. The van der Waals surface area contributed by atoms with Crippen molar-refractivity contribution in [3.8, 4) is 22.3 Å².